The highest BCUT2D eigenvalue weighted by atomic mass is 16.5. The third-order valence-corrected chi connectivity index (χ3v) is 6.09. The zero-order valence-corrected chi connectivity index (χ0v) is 21.7. The molecule has 1 amide bonds. The summed E-state index contributed by atoms with van der Waals surface area (Å²) in [6, 6.07) is 27.3. The summed E-state index contributed by atoms with van der Waals surface area (Å²) in [6.07, 6.45) is 2.71. The Morgan fingerprint density at radius 3 is 2.47 bits per heavy atom. The first-order valence-electron chi connectivity index (χ1n) is 12.6. The molecule has 5 rings (SSSR count). The van der Waals surface area contributed by atoms with Gasteiger partial charge in [-0.1, -0.05) is 75.4 Å². The average molecular weight is 507 g/mol. The molecule has 0 aliphatic rings. The number of pyridine rings is 1. The van der Waals surface area contributed by atoms with Gasteiger partial charge in [-0.25, -0.2) is 4.98 Å². The molecule has 0 aliphatic carbocycles. The first-order chi connectivity index (χ1) is 18.4. The highest BCUT2D eigenvalue weighted by Gasteiger charge is 2.20. The normalized spacial score (nSPS) is 11.3. The van der Waals surface area contributed by atoms with Crippen LogP contribution >= 0.6 is 0 Å². The maximum absolute atomic E-state index is 12.6. The molecule has 5 aromatic rings. The molecule has 7 nitrogen and oxygen atoms in total. The molecule has 0 radical (unpaired) electrons. The molecule has 0 fully saturated rings. The number of rotatable bonds is 8. The number of benzene rings is 3. The molecule has 38 heavy (non-hydrogen) atoms. The summed E-state index contributed by atoms with van der Waals surface area (Å²) in [5, 5.41) is 6.16. The number of nitrogens with one attached hydrogen (secondary N) is 2. The van der Waals surface area contributed by atoms with Crippen LogP contribution in [-0.2, 0) is 16.6 Å². The number of hydrogen-bond donors (Lipinski definition) is 2. The van der Waals surface area contributed by atoms with Crippen molar-refractivity contribution in [1.82, 2.24) is 9.97 Å². The lowest BCUT2D eigenvalue weighted by molar-refractivity contribution is -0.116. The minimum Gasteiger partial charge on any atom is -0.437 e. The Labute approximate surface area is 221 Å². The Hall–Kier alpha value is -4.65. The Balaban J connectivity index is 1.34. The average Bonchev–Trinajstić information content (AvgIpc) is 3.32. The molecule has 3 aromatic carbocycles. The fourth-order valence-electron chi connectivity index (χ4n) is 4.18. The van der Waals surface area contributed by atoms with Crippen molar-refractivity contribution < 1.29 is 13.9 Å². The van der Waals surface area contributed by atoms with Crippen molar-refractivity contribution in [3.63, 3.8) is 0 Å². The van der Waals surface area contributed by atoms with Gasteiger partial charge in [0.1, 0.15) is 17.0 Å². The van der Waals surface area contributed by atoms with E-state index in [0.717, 1.165) is 16.9 Å². The smallest absolute Gasteiger partial charge is 0.300 e. The summed E-state index contributed by atoms with van der Waals surface area (Å²) in [5.74, 6) is 1.06. The van der Waals surface area contributed by atoms with Crippen molar-refractivity contribution in [2.75, 3.05) is 10.6 Å². The van der Waals surface area contributed by atoms with Gasteiger partial charge < -0.3 is 19.8 Å². The van der Waals surface area contributed by atoms with Crippen LogP contribution in [0.25, 0.3) is 11.1 Å². The van der Waals surface area contributed by atoms with Crippen molar-refractivity contribution >= 4 is 34.4 Å². The van der Waals surface area contributed by atoms with Gasteiger partial charge in [0.25, 0.3) is 6.01 Å². The van der Waals surface area contributed by atoms with Crippen LogP contribution in [0, 0.1) is 0 Å². The number of fused-ring (bicyclic) bond motifs is 1. The second-order valence-corrected chi connectivity index (χ2v) is 10.0. The van der Waals surface area contributed by atoms with Crippen LogP contribution in [0.3, 0.4) is 0 Å². The number of hydrogen-bond acceptors (Lipinski definition) is 6. The second kappa shape index (κ2) is 10.8. The van der Waals surface area contributed by atoms with Gasteiger partial charge in [0.05, 0.1) is 5.69 Å². The van der Waals surface area contributed by atoms with Gasteiger partial charge in [-0.3, -0.25) is 4.79 Å². The number of para-hydroxylation sites is 2. The molecule has 0 spiro atoms. The van der Waals surface area contributed by atoms with E-state index >= 15 is 0 Å². The third kappa shape index (κ3) is 5.83. The number of oxazole rings is 1. The first kappa shape index (κ1) is 25.0. The molecule has 2 N–H and O–H groups in total. The number of aromatic nitrogens is 2. The number of nitrogens with zero attached hydrogens (tertiary/aromatic N) is 2. The van der Waals surface area contributed by atoms with E-state index in [0.29, 0.717) is 41.2 Å². The summed E-state index contributed by atoms with van der Waals surface area (Å²) in [7, 11) is 0. The quantitative estimate of drug-likeness (QED) is 0.225. The van der Waals surface area contributed by atoms with E-state index in [1.807, 2.05) is 78.9 Å². The van der Waals surface area contributed by atoms with Crippen molar-refractivity contribution in [2.24, 2.45) is 0 Å². The van der Waals surface area contributed by atoms with Gasteiger partial charge in [-0.2, -0.15) is 4.98 Å². The van der Waals surface area contributed by atoms with Crippen LogP contribution in [0.1, 0.15) is 38.3 Å². The lowest BCUT2D eigenvalue weighted by Crippen LogP contribution is -2.12. The van der Waals surface area contributed by atoms with E-state index in [9.17, 15) is 4.79 Å². The molecule has 0 saturated carbocycles. The highest BCUT2D eigenvalue weighted by Crippen LogP contribution is 2.36. The minimum atomic E-state index is -0.0960. The van der Waals surface area contributed by atoms with E-state index in [2.05, 4.69) is 47.4 Å². The fourth-order valence-corrected chi connectivity index (χ4v) is 4.18. The minimum absolute atomic E-state index is 0.0840. The summed E-state index contributed by atoms with van der Waals surface area (Å²) < 4.78 is 12.2. The van der Waals surface area contributed by atoms with Crippen LogP contribution in [0.15, 0.2) is 95.5 Å². The summed E-state index contributed by atoms with van der Waals surface area (Å²) in [6.45, 7) is 6.43. The number of anilines is 3. The lowest BCUT2D eigenvalue weighted by Gasteiger charge is -2.22. The van der Waals surface area contributed by atoms with Crippen LogP contribution in [0.5, 0.6) is 11.6 Å². The molecule has 0 atom stereocenters. The van der Waals surface area contributed by atoms with Crippen molar-refractivity contribution in [1.29, 1.82) is 0 Å². The molecular formula is C31H30N4O3. The molecule has 0 aliphatic heterocycles. The van der Waals surface area contributed by atoms with Crippen LogP contribution in [-0.4, -0.2) is 15.9 Å². The van der Waals surface area contributed by atoms with Gasteiger partial charge >= 0.3 is 0 Å². The van der Waals surface area contributed by atoms with E-state index in [1.165, 1.54) is 0 Å². The molecule has 192 valence electrons. The van der Waals surface area contributed by atoms with Crippen molar-refractivity contribution in [3.05, 3.63) is 102 Å². The van der Waals surface area contributed by atoms with Crippen LogP contribution in [0.2, 0.25) is 0 Å². The van der Waals surface area contributed by atoms with Gasteiger partial charge in [-0.15, -0.1) is 0 Å². The SMILES string of the molecule is CC(C)(C)c1ccccc1Oc1ncccc1Nc1nc2c(NC(=O)CCc3ccccc3)cccc2o1. The zero-order chi connectivity index (χ0) is 26.5. The van der Waals surface area contributed by atoms with E-state index < -0.39 is 0 Å². The molecule has 2 aromatic heterocycles. The number of aryl methyl sites for hydroxylation is 1. The first-order valence-corrected chi connectivity index (χ1v) is 12.6. The zero-order valence-electron chi connectivity index (χ0n) is 21.7. The fraction of sp³-hybridized carbons (Fsp3) is 0.194. The second-order valence-electron chi connectivity index (χ2n) is 10.0. The Morgan fingerprint density at radius 2 is 1.66 bits per heavy atom. The molecule has 7 heteroatoms. The topological polar surface area (TPSA) is 89.3 Å². The maximum atomic E-state index is 12.6. The molecule has 0 saturated heterocycles. The van der Waals surface area contributed by atoms with Crippen LogP contribution in [0.4, 0.5) is 17.4 Å². The predicted octanol–water partition coefficient (Wildman–Crippen LogP) is 7.63. The number of amides is 1. The Kier molecular flexibility index (Phi) is 7.09. The van der Waals surface area contributed by atoms with E-state index in [1.54, 1.807) is 6.20 Å². The summed E-state index contributed by atoms with van der Waals surface area (Å²) in [4.78, 5) is 21.7. The third-order valence-electron chi connectivity index (χ3n) is 6.09. The highest BCUT2D eigenvalue weighted by molar-refractivity contribution is 5.99. The van der Waals surface area contributed by atoms with Gasteiger partial charge in [0, 0.05) is 18.2 Å². The Bertz CT molecular complexity index is 1550. The molecule has 0 unspecified atom stereocenters. The van der Waals surface area contributed by atoms with E-state index in [4.69, 9.17) is 9.15 Å². The molecule has 2 heterocycles. The van der Waals surface area contributed by atoms with Gasteiger partial charge in [-0.05, 0) is 47.7 Å². The largest absolute Gasteiger partial charge is 0.437 e. The predicted molar refractivity (Wildman–Crippen MR) is 150 cm³/mol. The number of carbonyl (C=O) groups is 1. The van der Waals surface area contributed by atoms with Crippen molar-refractivity contribution in [3.8, 4) is 11.6 Å². The monoisotopic (exact) mass is 506 g/mol. The molecule has 0 bridgehead atoms. The lowest BCUT2D eigenvalue weighted by atomic mass is 9.86. The summed E-state index contributed by atoms with van der Waals surface area (Å²) in [5.41, 5.74) is 4.42. The van der Waals surface area contributed by atoms with Crippen LogP contribution < -0.4 is 15.4 Å². The number of carbonyl (C=O) groups excluding carboxylic acids is 1. The maximum Gasteiger partial charge on any atom is 0.300 e. The van der Waals surface area contributed by atoms with E-state index in [-0.39, 0.29) is 17.3 Å². The number of ether oxygens (including phenoxy) is 1. The standard InChI is InChI=1S/C31H30N4O3/c1-31(2,3)22-13-7-8-16-25(22)37-29-24(15-10-20-32-29)34-30-35-28-23(14-9-17-26(28)38-30)33-27(36)19-18-21-11-5-4-6-12-21/h4-17,20H,18-19H2,1-3H3,(H,33,36)(H,34,35). The molecular weight excluding hydrogens is 476 g/mol. The Morgan fingerprint density at radius 1 is 0.895 bits per heavy atom. The summed E-state index contributed by atoms with van der Waals surface area (Å²) >= 11 is 0. The van der Waals surface area contributed by atoms with Gasteiger partial charge in [0.15, 0.2) is 5.58 Å². The van der Waals surface area contributed by atoms with Crippen molar-refractivity contribution in [2.45, 2.75) is 39.0 Å². The van der Waals surface area contributed by atoms with Gasteiger partial charge in [0.2, 0.25) is 11.8 Å².